The average molecular weight is 411 g/mol. The zero-order valence-corrected chi connectivity index (χ0v) is 17.8. The summed E-state index contributed by atoms with van der Waals surface area (Å²) in [5.74, 6) is 1.57. The van der Waals surface area contributed by atoms with Crippen LogP contribution in [0.15, 0.2) is 52.1 Å². The fourth-order valence-electron chi connectivity index (χ4n) is 3.88. The van der Waals surface area contributed by atoms with Crippen LogP contribution < -0.4 is 4.90 Å². The molecule has 2 aliphatic rings. The van der Waals surface area contributed by atoms with Gasteiger partial charge in [0.2, 0.25) is 5.96 Å². The summed E-state index contributed by atoms with van der Waals surface area (Å²) in [6, 6.07) is 11.5. The molecule has 1 unspecified atom stereocenters. The topological polar surface area (TPSA) is 61.5 Å². The Labute approximate surface area is 177 Å². The van der Waals surface area contributed by atoms with E-state index in [4.69, 9.17) is 14.1 Å². The zero-order chi connectivity index (χ0) is 20.9. The highest BCUT2D eigenvalue weighted by atomic mass is 16.5. The first-order valence-electron chi connectivity index (χ1n) is 10.7. The van der Waals surface area contributed by atoms with E-state index < -0.39 is 0 Å². The van der Waals surface area contributed by atoms with Gasteiger partial charge in [0.1, 0.15) is 11.8 Å². The number of carbonyl (C=O) groups excluding carboxylic acids is 1. The molecule has 1 fully saturated rings. The lowest BCUT2D eigenvalue weighted by atomic mass is 10.2. The van der Waals surface area contributed by atoms with E-state index in [0.29, 0.717) is 12.5 Å². The number of hydrogen-bond acceptors (Lipinski definition) is 6. The molecule has 1 atom stereocenters. The molecule has 0 aliphatic carbocycles. The summed E-state index contributed by atoms with van der Waals surface area (Å²) in [5, 5.41) is 0. The SMILES string of the molecule is Cc1ccc(N2C(=O)C(C)N=C2N(CCCN2CCOCC2)Cc2ccco2)cc1. The molecule has 0 saturated carbocycles. The van der Waals surface area contributed by atoms with Crippen LogP contribution in [0.5, 0.6) is 0 Å². The quantitative estimate of drug-likeness (QED) is 0.702. The minimum Gasteiger partial charge on any atom is -0.467 e. The van der Waals surface area contributed by atoms with Crippen LogP contribution in [0.4, 0.5) is 5.69 Å². The lowest BCUT2D eigenvalue weighted by Crippen LogP contribution is -2.45. The van der Waals surface area contributed by atoms with Crippen LogP contribution in [0.3, 0.4) is 0 Å². The summed E-state index contributed by atoms with van der Waals surface area (Å²) in [7, 11) is 0. The van der Waals surface area contributed by atoms with Gasteiger partial charge in [-0.3, -0.25) is 9.69 Å². The van der Waals surface area contributed by atoms with Crippen LogP contribution in [-0.2, 0) is 16.1 Å². The number of carbonyl (C=O) groups is 1. The van der Waals surface area contributed by atoms with Crippen molar-refractivity contribution in [2.24, 2.45) is 4.99 Å². The lowest BCUT2D eigenvalue weighted by Gasteiger charge is -2.31. The molecule has 1 saturated heterocycles. The number of nitrogens with zero attached hydrogens (tertiary/aromatic N) is 4. The molecule has 1 aromatic heterocycles. The Morgan fingerprint density at radius 2 is 1.93 bits per heavy atom. The molecule has 30 heavy (non-hydrogen) atoms. The summed E-state index contributed by atoms with van der Waals surface area (Å²) in [4.78, 5) is 24.1. The molecule has 0 radical (unpaired) electrons. The molecule has 1 amide bonds. The van der Waals surface area contributed by atoms with Crippen LogP contribution >= 0.6 is 0 Å². The molecule has 3 heterocycles. The minimum absolute atomic E-state index is 0.00600. The number of amides is 1. The number of furan rings is 1. The maximum Gasteiger partial charge on any atom is 0.258 e. The maximum atomic E-state index is 13.0. The van der Waals surface area contributed by atoms with Crippen LogP contribution in [0.2, 0.25) is 0 Å². The van der Waals surface area contributed by atoms with Crippen molar-refractivity contribution in [2.75, 3.05) is 44.3 Å². The third kappa shape index (κ3) is 4.74. The fourth-order valence-corrected chi connectivity index (χ4v) is 3.88. The van der Waals surface area contributed by atoms with Gasteiger partial charge >= 0.3 is 0 Å². The number of morpholine rings is 1. The van der Waals surface area contributed by atoms with E-state index >= 15 is 0 Å². The minimum atomic E-state index is -0.389. The second-order valence-corrected chi connectivity index (χ2v) is 7.92. The van der Waals surface area contributed by atoms with Gasteiger partial charge in [0, 0.05) is 26.2 Å². The van der Waals surface area contributed by atoms with E-state index in [1.807, 2.05) is 50.2 Å². The number of rotatable bonds is 7. The Hall–Kier alpha value is -2.64. The summed E-state index contributed by atoms with van der Waals surface area (Å²) >= 11 is 0. The summed E-state index contributed by atoms with van der Waals surface area (Å²) < 4.78 is 11.0. The molecule has 0 bridgehead atoms. The van der Waals surface area contributed by atoms with Crippen LogP contribution in [0.25, 0.3) is 0 Å². The summed E-state index contributed by atoms with van der Waals surface area (Å²) in [6.45, 7) is 9.83. The Kier molecular flexibility index (Phi) is 6.50. The van der Waals surface area contributed by atoms with Crippen molar-refractivity contribution in [1.29, 1.82) is 0 Å². The first-order valence-corrected chi connectivity index (χ1v) is 10.7. The molecule has 2 aliphatic heterocycles. The highest BCUT2D eigenvalue weighted by Gasteiger charge is 2.36. The van der Waals surface area contributed by atoms with Gasteiger partial charge < -0.3 is 14.1 Å². The Bertz CT molecular complexity index is 857. The monoisotopic (exact) mass is 410 g/mol. The van der Waals surface area contributed by atoms with Crippen molar-refractivity contribution < 1.29 is 13.9 Å². The van der Waals surface area contributed by atoms with Gasteiger partial charge in [0.25, 0.3) is 5.91 Å². The Balaban J connectivity index is 1.53. The van der Waals surface area contributed by atoms with Gasteiger partial charge in [-0.05, 0) is 44.5 Å². The Morgan fingerprint density at radius 1 is 1.17 bits per heavy atom. The molecule has 2 aromatic rings. The highest BCUT2D eigenvalue weighted by Crippen LogP contribution is 2.25. The summed E-state index contributed by atoms with van der Waals surface area (Å²) in [6.07, 6.45) is 2.66. The first kappa shape index (κ1) is 20.6. The second kappa shape index (κ2) is 9.45. The first-order chi connectivity index (χ1) is 14.6. The van der Waals surface area contributed by atoms with Crippen molar-refractivity contribution in [3.63, 3.8) is 0 Å². The lowest BCUT2D eigenvalue weighted by molar-refractivity contribution is -0.117. The highest BCUT2D eigenvalue weighted by molar-refractivity contribution is 6.21. The van der Waals surface area contributed by atoms with Crippen molar-refractivity contribution >= 4 is 17.6 Å². The fraction of sp³-hybridized carbons (Fsp3) is 0.478. The number of hydrogen-bond donors (Lipinski definition) is 0. The van der Waals surface area contributed by atoms with Crippen molar-refractivity contribution in [3.05, 3.63) is 54.0 Å². The van der Waals surface area contributed by atoms with Crippen LogP contribution in [-0.4, -0.2) is 67.1 Å². The molecular weight excluding hydrogens is 380 g/mol. The number of aryl methyl sites for hydroxylation is 1. The molecule has 7 nitrogen and oxygen atoms in total. The predicted molar refractivity (Wildman–Crippen MR) is 117 cm³/mol. The van der Waals surface area contributed by atoms with Gasteiger partial charge in [0.15, 0.2) is 0 Å². The van der Waals surface area contributed by atoms with Gasteiger partial charge in [-0.25, -0.2) is 9.89 Å². The van der Waals surface area contributed by atoms with Gasteiger partial charge in [-0.15, -0.1) is 0 Å². The van der Waals surface area contributed by atoms with E-state index in [0.717, 1.165) is 62.8 Å². The number of ether oxygens (including phenoxy) is 1. The summed E-state index contributed by atoms with van der Waals surface area (Å²) in [5.41, 5.74) is 2.02. The largest absolute Gasteiger partial charge is 0.467 e. The predicted octanol–water partition coefficient (Wildman–Crippen LogP) is 2.90. The molecular formula is C23H30N4O3. The van der Waals surface area contributed by atoms with E-state index in [1.54, 1.807) is 11.2 Å². The number of aliphatic imine (C=N–C) groups is 1. The smallest absolute Gasteiger partial charge is 0.258 e. The van der Waals surface area contributed by atoms with Crippen molar-refractivity contribution in [2.45, 2.75) is 32.9 Å². The third-order valence-corrected chi connectivity index (χ3v) is 5.59. The molecule has 4 rings (SSSR count). The van der Waals surface area contributed by atoms with Crippen LogP contribution in [0, 0.1) is 6.92 Å². The average Bonchev–Trinajstić information content (AvgIpc) is 3.37. The van der Waals surface area contributed by atoms with E-state index in [-0.39, 0.29) is 11.9 Å². The van der Waals surface area contributed by atoms with Gasteiger partial charge in [0.05, 0.1) is 31.7 Å². The number of benzene rings is 1. The van der Waals surface area contributed by atoms with Crippen molar-refractivity contribution in [1.82, 2.24) is 9.80 Å². The van der Waals surface area contributed by atoms with E-state index in [9.17, 15) is 4.79 Å². The van der Waals surface area contributed by atoms with E-state index in [1.165, 1.54) is 0 Å². The van der Waals surface area contributed by atoms with E-state index in [2.05, 4.69) is 9.80 Å². The normalized spacial score (nSPS) is 19.9. The molecule has 160 valence electrons. The molecule has 1 aromatic carbocycles. The number of anilines is 1. The van der Waals surface area contributed by atoms with Gasteiger partial charge in [-0.1, -0.05) is 17.7 Å². The maximum absolute atomic E-state index is 13.0. The molecule has 7 heteroatoms. The number of guanidine groups is 1. The van der Waals surface area contributed by atoms with Crippen LogP contribution in [0.1, 0.15) is 24.7 Å². The Morgan fingerprint density at radius 3 is 2.63 bits per heavy atom. The third-order valence-electron chi connectivity index (χ3n) is 5.59. The standard InChI is InChI=1S/C23H30N4O3/c1-18-6-8-20(9-7-18)27-22(28)19(2)24-23(27)26(17-21-5-3-14-30-21)11-4-10-25-12-15-29-16-13-25/h3,5-9,14,19H,4,10-13,15-17H2,1-2H3. The molecule has 0 N–H and O–H groups in total. The second-order valence-electron chi connectivity index (χ2n) is 7.92. The zero-order valence-electron chi connectivity index (χ0n) is 17.8. The van der Waals surface area contributed by atoms with Crippen molar-refractivity contribution in [3.8, 4) is 0 Å². The molecule has 0 spiro atoms. The van der Waals surface area contributed by atoms with Gasteiger partial charge in [-0.2, -0.15) is 0 Å².